The van der Waals surface area contributed by atoms with E-state index in [1.54, 1.807) is 0 Å². The molecule has 0 spiro atoms. The molecule has 0 aliphatic heterocycles. The standard InChI is InChI=1S/C8H11O2S.3C4H9.Sn/c1-2-11(9,10)8-6-4-3-5-7-8;3*1-3-4-2;/h3-6H,2,7H2,1H3;3*1,3-4H2,2H3;. The molecule has 1 aliphatic carbocycles. The Morgan fingerprint density at radius 1 is 0.875 bits per heavy atom. The fraction of sp³-hybridized carbons (Fsp3) is 0.800. The van der Waals surface area contributed by atoms with Gasteiger partial charge in [-0.2, -0.15) is 0 Å². The molecule has 0 heterocycles. The predicted octanol–water partition coefficient (Wildman–Crippen LogP) is 6.06. The average molecular weight is 461 g/mol. The molecule has 0 N–H and O–H groups in total. The SMILES string of the molecule is CCC[CH2][Sn]([CH2]CCC)([CH2]CCC)[C]1(S(=O)(=O)CC)C=CC=CC1. The second-order valence-corrected chi connectivity index (χ2v) is 25.1. The fourth-order valence-corrected chi connectivity index (χ4v) is 32.6. The van der Waals surface area contributed by atoms with Gasteiger partial charge in [-0.1, -0.05) is 0 Å². The summed E-state index contributed by atoms with van der Waals surface area (Å²) < 4.78 is 30.0. The first-order valence-electron chi connectivity index (χ1n) is 10.0. The van der Waals surface area contributed by atoms with Crippen LogP contribution in [-0.2, 0) is 9.84 Å². The topological polar surface area (TPSA) is 34.1 Å². The second-order valence-electron chi connectivity index (χ2n) is 7.38. The van der Waals surface area contributed by atoms with Gasteiger partial charge in [0.1, 0.15) is 0 Å². The fourth-order valence-electron chi connectivity index (χ4n) is 4.37. The Labute approximate surface area is 155 Å². The van der Waals surface area contributed by atoms with Crippen molar-refractivity contribution in [2.75, 3.05) is 5.75 Å². The van der Waals surface area contributed by atoms with Gasteiger partial charge in [-0.15, -0.1) is 0 Å². The van der Waals surface area contributed by atoms with Crippen LogP contribution in [0.15, 0.2) is 24.3 Å². The van der Waals surface area contributed by atoms with Gasteiger partial charge in [0.15, 0.2) is 0 Å². The van der Waals surface area contributed by atoms with E-state index in [-0.39, 0.29) is 5.75 Å². The number of sulfone groups is 1. The van der Waals surface area contributed by atoms with E-state index in [1.807, 2.05) is 19.1 Å². The molecule has 24 heavy (non-hydrogen) atoms. The molecule has 140 valence electrons. The molecule has 0 aromatic carbocycles. The van der Waals surface area contributed by atoms with Gasteiger partial charge in [-0.3, -0.25) is 0 Å². The van der Waals surface area contributed by atoms with Crippen molar-refractivity contribution < 1.29 is 8.42 Å². The van der Waals surface area contributed by atoms with E-state index in [1.165, 1.54) is 51.8 Å². The van der Waals surface area contributed by atoms with Crippen LogP contribution in [0.3, 0.4) is 0 Å². The molecular weight excluding hydrogens is 423 g/mol. The van der Waals surface area contributed by atoms with E-state index in [4.69, 9.17) is 0 Å². The Hall–Kier alpha value is 0.229. The molecule has 2 nitrogen and oxygen atoms in total. The predicted molar refractivity (Wildman–Crippen MR) is 110 cm³/mol. The van der Waals surface area contributed by atoms with Gasteiger partial charge in [0, 0.05) is 0 Å². The third-order valence-electron chi connectivity index (χ3n) is 5.89. The number of allylic oxidation sites excluding steroid dienone is 3. The van der Waals surface area contributed by atoms with Crippen molar-refractivity contribution in [2.24, 2.45) is 0 Å². The van der Waals surface area contributed by atoms with Gasteiger partial charge in [0.25, 0.3) is 0 Å². The zero-order chi connectivity index (χ0) is 18.1. The molecule has 4 heteroatoms. The maximum absolute atomic E-state index is 13.4. The van der Waals surface area contributed by atoms with Crippen LogP contribution >= 0.6 is 0 Å². The van der Waals surface area contributed by atoms with E-state index in [2.05, 4.69) is 32.9 Å². The molecule has 0 bridgehead atoms. The first-order valence-corrected chi connectivity index (χ1v) is 19.1. The van der Waals surface area contributed by atoms with E-state index in [9.17, 15) is 8.42 Å². The summed E-state index contributed by atoms with van der Waals surface area (Å²) in [6.45, 7) is 8.58. The summed E-state index contributed by atoms with van der Waals surface area (Å²) in [5.41, 5.74) is 0. The molecule has 0 aromatic heterocycles. The van der Waals surface area contributed by atoms with Crippen LogP contribution in [0.25, 0.3) is 0 Å². The number of hydrogen-bond donors (Lipinski definition) is 0. The van der Waals surface area contributed by atoms with Crippen LogP contribution in [0.1, 0.15) is 72.6 Å². The van der Waals surface area contributed by atoms with Crippen molar-refractivity contribution in [1.29, 1.82) is 0 Å². The Balaban J connectivity index is 3.47. The van der Waals surface area contributed by atoms with Crippen molar-refractivity contribution in [3.05, 3.63) is 24.3 Å². The molecular formula is C20H38O2SSn. The Morgan fingerprint density at radius 2 is 1.38 bits per heavy atom. The van der Waals surface area contributed by atoms with Gasteiger partial charge in [0.05, 0.1) is 0 Å². The quantitative estimate of drug-likeness (QED) is 0.331. The maximum atomic E-state index is 13.4. The normalized spacial score (nSPS) is 21.3. The van der Waals surface area contributed by atoms with Gasteiger partial charge >= 0.3 is 155 Å². The van der Waals surface area contributed by atoms with Crippen molar-refractivity contribution in [1.82, 2.24) is 0 Å². The monoisotopic (exact) mass is 462 g/mol. The number of unbranched alkanes of at least 4 members (excludes halogenated alkanes) is 3. The second kappa shape index (κ2) is 10.4. The summed E-state index contributed by atoms with van der Waals surface area (Å²) in [6.07, 6.45) is 16.3. The minimum absolute atomic E-state index is 0.286. The molecule has 0 fully saturated rings. The zero-order valence-corrected chi connectivity index (χ0v) is 20.0. The first-order chi connectivity index (χ1) is 11.4. The van der Waals surface area contributed by atoms with E-state index >= 15 is 0 Å². The molecule has 0 aromatic rings. The van der Waals surface area contributed by atoms with Crippen molar-refractivity contribution in [3.8, 4) is 0 Å². The van der Waals surface area contributed by atoms with Crippen LogP contribution in [0.4, 0.5) is 0 Å². The van der Waals surface area contributed by atoms with Gasteiger partial charge in [0.2, 0.25) is 0 Å². The summed E-state index contributed by atoms with van der Waals surface area (Å²) in [7, 11) is -3.08. The zero-order valence-electron chi connectivity index (χ0n) is 16.3. The summed E-state index contributed by atoms with van der Waals surface area (Å²) in [5.74, 6) is 0.286. The first kappa shape index (κ1) is 22.3. The molecule has 1 rings (SSSR count). The Morgan fingerprint density at radius 3 is 1.71 bits per heavy atom. The third kappa shape index (κ3) is 4.69. The molecule has 0 saturated heterocycles. The van der Waals surface area contributed by atoms with Crippen LogP contribution in [0.2, 0.25) is 13.3 Å². The molecule has 1 aliphatic rings. The van der Waals surface area contributed by atoms with Crippen LogP contribution in [0.5, 0.6) is 0 Å². The Bertz CT molecular complexity index is 500. The molecule has 0 saturated carbocycles. The van der Waals surface area contributed by atoms with Gasteiger partial charge < -0.3 is 0 Å². The van der Waals surface area contributed by atoms with Crippen molar-refractivity contribution in [3.63, 3.8) is 0 Å². The van der Waals surface area contributed by atoms with Crippen LogP contribution in [0, 0.1) is 0 Å². The van der Waals surface area contributed by atoms with Crippen LogP contribution in [-0.4, -0.2) is 35.3 Å². The molecule has 1 unspecified atom stereocenters. The molecule has 1 atom stereocenters. The van der Waals surface area contributed by atoms with E-state index < -0.39 is 31.0 Å². The van der Waals surface area contributed by atoms with Gasteiger partial charge in [-0.25, -0.2) is 0 Å². The van der Waals surface area contributed by atoms with Gasteiger partial charge in [-0.05, 0) is 0 Å². The number of rotatable bonds is 12. The summed E-state index contributed by atoms with van der Waals surface area (Å²) in [4.78, 5) is 0. The molecule has 0 radical (unpaired) electrons. The average Bonchev–Trinajstić information content (AvgIpc) is 2.61. The summed E-state index contributed by atoms with van der Waals surface area (Å²) >= 11 is -2.95. The Kier molecular flexibility index (Phi) is 9.65. The summed E-state index contributed by atoms with van der Waals surface area (Å²) in [6, 6.07) is 0. The third-order valence-corrected chi connectivity index (χ3v) is 31.0. The number of hydrogen-bond acceptors (Lipinski definition) is 2. The molecule has 0 amide bonds. The van der Waals surface area contributed by atoms with Crippen molar-refractivity contribution in [2.45, 2.75) is 88.7 Å². The van der Waals surface area contributed by atoms with Crippen LogP contribution < -0.4 is 0 Å². The minimum atomic E-state index is -3.08. The van der Waals surface area contributed by atoms with E-state index in [0.717, 1.165) is 6.42 Å². The summed E-state index contributed by atoms with van der Waals surface area (Å²) in [5, 5.41) is 0. The van der Waals surface area contributed by atoms with E-state index in [0.29, 0.717) is 0 Å². The van der Waals surface area contributed by atoms with Crippen molar-refractivity contribution >= 4 is 28.2 Å².